The zero-order chi connectivity index (χ0) is 41.4. The molecular weight excluding hydrogens is 751 g/mol. The normalized spacial score (nSPS) is 24.4. The van der Waals surface area contributed by atoms with Gasteiger partial charge in [0.05, 0.1) is 23.9 Å². The summed E-state index contributed by atoms with van der Waals surface area (Å²) in [5.74, 6) is 0.574. The first kappa shape index (κ1) is 42.2. The van der Waals surface area contributed by atoms with E-state index in [1.165, 1.54) is 0 Å². The van der Waals surface area contributed by atoms with Crippen LogP contribution < -0.4 is 18.9 Å². The summed E-state index contributed by atoms with van der Waals surface area (Å²) >= 11 is 0. The number of rotatable bonds is 20. The maximum Gasteiger partial charge on any atom is 0.254 e. The van der Waals surface area contributed by atoms with E-state index in [2.05, 4.69) is 30.6 Å². The van der Waals surface area contributed by atoms with Crippen LogP contribution >= 0.6 is 0 Å². The Bertz CT molecular complexity index is 2000. The Morgan fingerprint density at radius 2 is 1.81 bits per heavy atom. The number of ether oxygens (including phenoxy) is 5. The van der Waals surface area contributed by atoms with Gasteiger partial charge in [-0.15, -0.1) is 6.58 Å². The van der Waals surface area contributed by atoms with Crippen LogP contribution in [-0.2, 0) is 16.2 Å². The van der Waals surface area contributed by atoms with Crippen molar-refractivity contribution in [2.75, 3.05) is 39.8 Å². The number of aliphatic hydroxyl groups excluding tert-OH is 2. The van der Waals surface area contributed by atoms with Crippen LogP contribution in [0.5, 0.6) is 23.0 Å². The van der Waals surface area contributed by atoms with Crippen molar-refractivity contribution in [2.24, 2.45) is 22.9 Å². The molecular formula is C47H59N3O9. The SMILES string of the molecule is C=CCO[C@@]12Oc3ccc(OCc4cccc(C)n4)cc3[C@H]3[C@H](CCCCO)[C@@H](CCCCO)C=C(C(=NOCC)C[C@@H]1N(CCC)C(=O)c1ccc4c(c1)OCO4)[C@H]32. The smallest absolute Gasteiger partial charge is 0.254 e. The topological polar surface area (TPSA) is 141 Å². The molecule has 12 heteroatoms. The Morgan fingerprint density at radius 3 is 2.58 bits per heavy atom. The van der Waals surface area contributed by atoms with E-state index in [0.29, 0.717) is 74.0 Å². The fourth-order valence-electron chi connectivity index (χ4n) is 9.55. The number of nitrogens with zero attached hydrogens (tertiary/aromatic N) is 3. The third kappa shape index (κ3) is 8.86. The molecule has 0 saturated heterocycles. The van der Waals surface area contributed by atoms with Crippen LogP contribution in [0.25, 0.3) is 0 Å². The molecule has 2 N–H and O–H groups in total. The molecule has 0 bridgehead atoms. The van der Waals surface area contributed by atoms with E-state index in [0.717, 1.165) is 53.9 Å². The number of benzene rings is 2. The molecule has 2 aliphatic carbocycles. The number of aromatic nitrogens is 1. The fourth-order valence-corrected chi connectivity index (χ4v) is 9.55. The van der Waals surface area contributed by atoms with Crippen LogP contribution in [0.4, 0.5) is 0 Å². The van der Waals surface area contributed by atoms with Gasteiger partial charge in [-0.1, -0.05) is 43.1 Å². The molecule has 0 spiro atoms. The number of aliphatic hydroxyl groups is 2. The minimum absolute atomic E-state index is 0.0910. The van der Waals surface area contributed by atoms with Crippen LogP contribution in [-0.4, -0.2) is 83.3 Å². The third-order valence-corrected chi connectivity index (χ3v) is 12.0. The average Bonchev–Trinajstić information content (AvgIpc) is 3.73. The Kier molecular flexibility index (Phi) is 13.9. The number of oxime groups is 1. The molecule has 2 aliphatic heterocycles. The van der Waals surface area contributed by atoms with E-state index in [9.17, 15) is 15.0 Å². The maximum atomic E-state index is 15.0. The summed E-state index contributed by atoms with van der Waals surface area (Å²) in [7, 11) is 0. The second kappa shape index (κ2) is 19.4. The number of fused-ring (bicyclic) bond motifs is 3. The van der Waals surface area contributed by atoms with Crippen LogP contribution in [0.1, 0.15) is 98.4 Å². The molecule has 1 aromatic heterocycles. The van der Waals surface area contributed by atoms with Crippen molar-refractivity contribution in [2.45, 2.75) is 96.5 Å². The van der Waals surface area contributed by atoms with Gasteiger partial charge in [-0.05, 0) is 112 Å². The van der Waals surface area contributed by atoms with Gasteiger partial charge in [0.1, 0.15) is 30.8 Å². The van der Waals surface area contributed by atoms with Crippen LogP contribution in [0.3, 0.4) is 0 Å². The number of hydrogen-bond donors (Lipinski definition) is 2. The molecule has 2 aromatic carbocycles. The Hall–Kier alpha value is -4.91. The first-order valence-electron chi connectivity index (χ1n) is 21.3. The van der Waals surface area contributed by atoms with Gasteiger partial charge in [-0.3, -0.25) is 9.78 Å². The highest BCUT2D eigenvalue weighted by molar-refractivity contribution is 6.03. The summed E-state index contributed by atoms with van der Waals surface area (Å²) in [6.45, 7) is 11.6. The minimum atomic E-state index is -1.36. The van der Waals surface area contributed by atoms with Crippen molar-refractivity contribution < 1.29 is 43.5 Å². The predicted octanol–water partition coefficient (Wildman–Crippen LogP) is 7.90. The quantitative estimate of drug-likeness (QED) is 0.0658. The standard InChI is InChI=1S/C47H59N3O9/c1-5-21-50(46(53)33-17-19-41-42(26-33)56-30-55-41)43-28-39(49-58-7-3)37-25-32(14-8-10-22-51)36(16-9-11-23-52)44-38-27-35(54-29-34-15-12-13-31(4)48-34)18-20-40(38)59-47(43,45(37)44)57-24-6-2/h6,12-13,15,17-20,25-27,32,36,43-45,51-52H,2,5,7-11,14,16,21-24,28-30H2,1,3-4H3/t32-,36+,43-,44+,45+,47+/m0/s1. The predicted molar refractivity (Wildman–Crippen MR) is 224 cm³/mol. The molecule has 1 amide bonds. The highest BCUT2D eigenvalue weighted by atomic mass is 16.7. The van der Waals surface area contributed by atoms with Crippen LogP contribution in [0, 0.1) is 24.7 Å². The molecule has 12 nitrogen and oxygen atoms in total. The summed E-state index contributed by atoms with van der Waals surface area (Å²) in [5, 5.41) is 24.6. The fraction of sp³-hybridized carbons (Fsp3) is 0.511. The van der Waals surface area contributed by atoms with Gasteiger partial charge in [-0.25, -0.2) is 0 Å². The number of amides is 1. The van der Waals surface area contributed by atoms with Crippen molar-refractivity contribution in [3.63, 3.8) is 0 Å². The van der Waals surface area contributed by atoms with Crippen molar-refractivity contribution in [1.29, 1.82) is 0 Å². The van der Waals surface area contributed by atoms with Crippen molar-refractivity contribution in [3.05, 3.63) is 101 Å². The highest BCUT2D eigenvalue weighted by Crippen LogP contribution is 2.62. The van der Waals surface area contributed by atoms with Gasteiger partial charge in [0.15, 0.2) is 11.5 Å². The first-order chi connectivity index (χ1) is 28.8. The highest BCUT2D eigenvalue weighted by Gasteiger charge is 2.65. The Balaban J connectivity index is 1.41. The number of unbranched alkanes of at least 4 members (excludes halogenated alkanes) is 2. The van der Waals surface area contributed by atoms with Crippen LogP contribution in [0.2, 0.25) is 0 Å². The number of allylic oxidation sites excluding steroid dienone is 1. The summed E-state index contributed by atoms with van der Waals surface area (Å²) in [4.78, 5) is 27.4. The Labute approximate surface area is 347 Å². The zero-order valence-corrected chi connectivity index (χ0v) is 34.6. The number of aryl methyl sites for hydroxylation is 1. The monoisotopic (exact) mass is 809 g/mol. The number of carbonyl (C=O) groups is 1. The zero-order valence-electron chi connectivity index (χ0n) is 34.6. The molecule has 4 aliphatic rings. The molecule has 316 valence electrons. The summed E-state index contributed by atoms with van der Waals surface area (Å²) in [6.07, 6.45) is 9.83. The summed E-state index contributed by atoms with van der Waals surface area (Å²) < 4.78 is 32.2. The second-order valence-electron chi connectivity index (χ2n) is 15.8. The van der Waals surface area contributed by atoms with E-state index in [1.807, 2.05) is 49.1 Å². The molecule has 7 rings (SSSR count). The number of pyridine rings is 1. The minimum Gasteiger partial charge on any atom is -0.487 e. The maximum absolute atomic E-state index is 15.0. The van der Waals surface area contributed by atoms with E-state index >= 15 is 0 Å². The number of carbonyl (C=O) groups excluding carboxylic acids is 1. The van der Waals surface area contributed by atoms with Gasteiger partial charge in [-0.2, -0.15) is 0 Å². The van der Waals surface area contributed by atoms with Crippen molar-refractivity contribution >= 4 is 11.6 Å². The average molecular weight is 810 g/mol. The third-order valence-electron chi connectivity index (χ3n) is 12.0. The number of hydrogen-bond acceptors (Lipinski definition) is 11. The lowest BCUT2D eigenvalue weighted by molar-refractivity contribution is -0.254. The van der Waals surface area contributed by atoms with E-state index in [-0.39, 0.29) is 50.3 Å². The molecule has 0 radical (unpaired) electrons. The second-order valence-corrected chi connectivity index (χ2v) is 15.8. The van der Waals surface area contributed by atoms with Crippen LogP contribution in [0.15, 0.2) is 84.1 Å². The van der Waals surface area contributed by atoms with Gasteiger partial charge >= 0.3 is 0 Å². The molecule has 6 atom stereocenters. The van der Waals surface area contributed by atoms with Crippen molar-refractivity contribution in [1.82, 2.24) is 9.88 Å². The lowest BCUT2D eigenvalue weighted by Crippen LogP contribution is -2.70. The van der Waals surface area contributed by atoms with Gasteiger partial charge in [0, 0.05) is 48.9 Å². The van der Waals surface area contributed by atoms with Gasteiger partial charge in [0.25, 0.3) is 5.91 Å². The van der Waals surface area contributed by atoms with E-state index in [1.54, 1.807) is 24.3 Å². The van der Waals surface area contributed by atoms with E-state index in [4.69, 9.17) is 33.7 Å². The molecule has 3 heterocycles. The summed E-state index contributed by atoms with van der Waals surface area (Å²) in [6, 6.07) is 16.6. The molecule has 1 fully saturated rings. The first-order valence-corrected chi connectivity index (χ1v) is 21.3. The van der Waals surface area contributed by atoms with Crippen molar-refractivity contribution in [3.8, 4) is 23.0 Å². The molecule has 3 aromatic rings. The van der Waals surface area contributed by atoms with Gasteiger partial charge in [0.2, 0.25) is 12.6 Å². The molecule has 59 heavy (non-hydrogen) atoms. The van der Waals surface area contributed by atoms with Gasteiger partial charge < -0.3 is 43.6 Å². The lowest BCUT2D eigenvalue weighted by atomic mass is 9.55. The molecule has 1 saturated carbocycles. The Morgan fingerprint density at radius 1 is 1.02 bits per heavy atom. The molecule has 0 unspecified atom stereocenters. The van der Waals surface area contributed by atoms with E-state index < -0.39 is 17.7 Å². The largest absolute Gasteiger partial charge is 0.487 e. The lowest BCUT2D eigenvalue weighted by Gasteiger charge is -2.60. The summed E-state index contributed by atoms with van der Waals surface area (Å²) in [5.41, 5.74) is 4.97.